The van der Waals surface area contributed by atoms with Gasteiger partial charge in [-0.05, 0) is 42.4 Å². The maximum atomic E-state index is 15.2. The Labute approximate surface area is 175 Å². The standard InChI is InChI=1S/C21H19F2N5OS/c1-3-11-17(13-7-24-27-19(13)20(30-2)18(11)23)10-4-5-16-25-15(9-28(16)8-10)26-21(29)12-6-14(12)22/h4-5,7-9,12,14H,3,6H2,1-2H3,(H,24,27)(H,26,29). The molecule has 0 aliphatic heterocycles. The number of aromatic amines is 1. The summed E-state index contributed by atoms with van der Waals surface area (Å²) < 4.78 is 30.1. The number of aromatic nitrogens is 4. The van der Waals surface area contributed by atoms with E-state index in [0.29, 0.717) is 33.9 Å². The van der Waals surface area contributed by atoms with E-state index in [1.165, 1.54) is 11.8 Å². The molecule has 0 saturated heterocycles. The average Bonchev–Trinajstić information content (AvgIpc) is 3.12. The molecule has 154 valence electrons. The van der Waals surface area contributed by atoms with Crippen molar-refractivity contribution in [1.29, 1.82) is 0 Å². The number of alkyl halides is 1. The highest BCUT2D eigenvalue weighted by Crippen LogP contribution is 2.39. The molecule has 9 heteroatoms. The number of carbonyl (C=O) groups excluding carboxylic acids is 1. The summed E-state index contributed by atoms with van der Waals surface area (Å²) in [7, 11) is 0. The summed E-state index contributed by atoms with van der Waals surface area (Å²) in [6.45, 7) is 1.93. The van der Waals surface area contributed by atoms with Gasteiger partial charge in [-0.15, -0.1) is 11.8 Å². The van der Waals surface area contributed by atoms with E-state index in [-0.39, 0.29) is 18.1 Å². The van der Waals surface area contributed by atoms with Crippen molar-refractivity contribution in [2.45, 2.75) is 30.8 Å². The highest BCUT2D eigenvalue weighted by molar-refractivity contribution is 7.98. The third-order valence-electron chi connectivity index (χ3n) is 5.50. The quantitative estimate of drug-likeness (QED) is 0.457. The molecule has 4 aromatic rings. The molecule has 30 heavy (non-hydrogen) atoms. The fourth-order valence-electron chi connectivity index (χ4n) is 3.88. The van der Waals surface area contributed by atoms with Gasteiger partial charge in [0.05, 0.1) is 28.7 Å². The van der Waals surface area contributed by atoms with Gasteiger partial charge in [0, 0.05) is 17.1 Å². The maximum absolute atomic E-state index is 15.2. The summed E-state index contributed by atoms with van der Waals surface area (Å²) in [5.41, 5.74) is 3.54. The molecule has 1 fully saturated rings. The molecule has 1 aliphatic carbocycles. The summed E-state index contributed by atoms with van der Waals surface area (Å²) in [6.07, 6.45) is 6.83. The van der Waals surface area contributed by atoms with Crippen LogP contribution < -0.4 is 5.32 Å². The van der Waals surface area contributed by atoms with Crippen LogP contribution in [0.2, 0.25) is 0 Å². The van der Waals surface area contributed by atoms with Gasteiger partial charge in [0.2, 0.25) is 5.91 Å². The molecule has 0 spiro atoms. The highest BCUT2D eigenvalue weighted by atomic mass is 32.2. The minimum atomic E-state index is -1.06. The summed E-state index contributed by atoms with van der Waals surface area (Å²) in [5, 5.41) is 10.6. The lowest BCUT2D eigenvalue weighted by molar-refractivity contribution is -0.117. The number of H-pyrrole nitrogens is 1. The number of hydrogen-bond acceptors (Lipinski definition) is 4. The van der Waals surface area contributed by atoms with Gasteiger partial charge in [-0.2, -0.15) is 5.10 Å². The first-order valence-electron chi connectivity index (χ1n) is 9.67. The molecule has 6 nitrogen and oxygen atoms in total. The molecule has 3 aromatic heterocycles. The first-order valence-corrected chi connectivity index (χ1v) is 10.9. The van der Waals surface area contributed by atoms with E-state index in [1.807, 2.05) is 31.5 Å². The van der Waals surface area contributed by atoms with Gasteiger partial charge in [0.1, 0.15) is 17.6 Å². The van der Waals surface area contributed by atoms with Crippen LogP contribution in [0.15, 0.2) is 35.6 Å². The number of thioether (sulfide) groups is 1. The topological polar surface area (TPSA) is 75.1 Å². The number of rotatable bonds is 5. The highest BCUT2D eigenvalue weighted by Gasteiger charge is 2.43. The van der Waals surface area contributed by atoms with Gasteiger partial charge >= 0.3 is 0 Å². The Balaban J connectivity index is 1.60. The molecule has 2 unspecified atom stereocenters. The predicted molar refractivity (Wildman–Crippen MR) is 113 cm³/mol. The van der Waals surface area contributed by atoms with E-state index in [4.69, 9.17) is 0 Å². The van der Waals surface area contributed by atoms with E-state index in [9.17, 15) is 9.18 Å². The second kappa shape index (κ2) is 7.09. The molecule has 2 N–H and O–H groups in total. The molecule has 5 rings (SSSR count). The van der Waals surface area contributed by atoms with Crippen LogP contribution in [-0.4, -0.2) is 37.9 Å². The lowest BCUT2D eigenvalue weighted by atomic mass is 9.95. The molecule has 0 bridgehead atoms. The van der Waals surface area contributed by atoms with E-state index >= 15 is 4.39 Å². The number of anilines is 1. The number of benzene rings is 1. The zero-order valence-electron chi connectivity index (χ0n) is 16.4. The number of fused-ring (bicyclic) bond motifs is 2. The first-order chi connectivity index (χ1) is 14.5. The van der Waals surface area contributed by atoms with E-state index in [0.717, 1.165) is 16.5 Å². The van der Waals surface area contributed by atoms with E-state index in [2.05, 4.69) is 20.5 Å². The summed E-state index contributed by atoms with van der Waals surface area (Å²) >= 11 is 1.35. The molecule has 1 amide bonds. The Bertz CT molecular complexity index is 1300. The number of amides is 1. The van der Waals surface area contributed by atoms with Crippen molar-refractivity contribution < 1.29 is 13.6 Å². The van der Waals surface area contributed by atoms with Gasteiger partial charge in [-0.3, -0.25) is 9.89 Å². The average molecular weight is 427 g/mol. The second-order valence-electron chi connectivity index (χ2n) is 7.37. The van der Waals surface area contributed by atoms with Gasteiger partial charge < -0.3 is 9.72 Å². The van der Waals surface area contributed by atoms with Crippen LogP contribution in [0.25, 0.3) is 27.7 Å². The van der Waals surface area contributed by atoms with Crippen LogP contribution in [0.4, 0.5) is 14.6 Å². The normalized spacial score (nSPS) is 18.3. The fraction of sp³-hybridized carbons (Fsp3) is 0.286. The van der Waals surface area contributed by atoms with Crippen molar-refractivity contribution >= 4 is 40.0 Å². The molecule has 0 radical (unpaired) electrons. The fourth-order valence-corrected chi connectivity index (χ4v) is 4.54. The number of halogens is 2. The number of hydrogen-bond donors (Lipinski definition) is 2. The van der Waals surface area contributed by atoms with E-state index < -0.39 is 12.1 Å². The third kappa shape index (κ3) is 2.96. The first kappa shape index (κ1) is 19.0. The molecular formula is C21H19F2N5OS. The minimum absolute atomic E-state index is 0.236. The predicted octanol–water partition coefficient (Wildman–Crippen LogP) is 4.60. The van der Waals surface area contributed by atoms with Gasteiger partial charge in [0.25, 0.3) is 0 Å². The SMILES string of the molecule is CCc1c(F)c(SC)c2[nH]ncc2c1-c1ccc2nc(NC(=O)C3CC3F)cn2c1. The van der Waals surface area contributed by atoms with Crippen LogP contribution >= 0.6 is 11.8 Å². The minimum Gasteiger partial charge on any atom is -0.309 e. The van der Waals surface area contributed by atoms with Crippen LogP contribution in [-0.2, 0) is 11.2 Å². The van der Waals surface area contributed by atoms with Crippen LogP contribution in [0.1, 0.15) is 18.9 Å². The van der Waals surface area contributed by atoms with E-state index in [1.54, 1.807) is 16.8 Å². The van der Waals surface area contributed by atoms with Crippen LogP contribution in [0.5, 0.6) is 0 Å². The maximum Gasteiger partial charge on any atom is 0.231 e. The zero-order valence-corrected chi connectivity index (χ0v) is 17.2. The number of imidazole rings is 1. The smallest absolute Gasteiger partial charge is 0.231 e. The van der Waals surface area contributed by atoms with Crippen molar-refractivity contribution in [1.82, 2.24) is 19.6 Å². The van der Waals surface area contributed by atoms with Gasteiger partial charge in [0.15, 0.2) is 5.82 Å². The molecule has 2 atom stereocenters. The molecule has 3 heterocycles. The summed E-state index contributed by atoms with van der Waals surface area (Å²) in [4.78, 5) is 16.9. The molecule has 1 aliphatic rings. The van der Waals surface area contributed by atoms with Crippen molar-refractivity contribution in [3.8, 4) is 11.1 Å². The number of pyridine rings is 1. The zero-order chi connectivity index (χ0) is 21.0. The molecule has 1 saturated carbocycles. The Morgan fingerprint density at radius 1 is 1.40 bits per heavy atom. The Morgan fingerprint density at radius 2 is 2.20 bits per heavy atom. The number of nitrogens with one attached hydrogen (secondary N) is 2. The monoisotopic (exact) mass is 427 g/mol. The van der Waals surface area contributed by atoms with Gasteiger partial charge in [-0.25, -0.2) is 13.8 Å². The van der Waals surface area contributed by atoms with Crippen molar-refractivity contribution in [2.24, 2.45) is 5.92 Å². The Hall–Kier alpha value is -2.94. The molecular weight excluding hydrogens is 408 g/mol. The van der Waals surface area contributed by atoms with Crippen molar-refractivity contribution in [3.05, 3.63) is 42.1 Å². The van der Waals surface area contributed by atoms with Crippen LogP contribution in [0.3, 0.4) is 0 Å². The Kier molecular flexibility index (Phi) is 4.50. The largest absolute Gasteiger partial charge is 0.309 e. The van der Waals surface area contributed by atoms with Crippen LogP contribution in [0, 0.1) is 11.7 Å². The van der Waals surface area contributed by atoms with Crippen molar-refractivity contribution in [3.63, 3.8) is 0 Å². The number of nitrogens with zero attached hydrogens (tertiary/aromatic N) is 3. The third-order valence-corrected chi connectivity index (χ3v) is 6.29. The van der Waals surface area contributed by atoms with Gasteiger partial charge in [-0.1, -0.05) is 6.92 Å². The lowest BCUT2D eigenvalue weighted by Gasteiger charge is -2.14. The molecule has 1 aromatic carbocycles. The van der Waals surface area contributed by atoms with Crippen molar-refractivity contribution in [2.75, 3.05) is 11.6 Å². The summed E-state index contributed by atoms with van der Waals surface area (Å²) in [5.74, 6) is -0.802. The number of carbonyl (C=O) groups is 1. The Morgan fingerprint density at radius 3 is 2.90 bits per heavy atom. The summed E-state index contributed by atoms with van der Waals surface area (Å²) in [6, 6.07) is 3.69. The lowest BCUT2D eigenvalue weighted by Crippen LogP contribution is -2.15. The second-order valence-corrected chi connectivity index (χ2v) is 8.19.